The molecule has 2 N–H and O–H groups in total. The van der Waals surface area contributed by atoms with Crippen molar-refractivity contribution in [2.24, 2.45) is 0 Å². The van der Waals surface area contributed by atoms with Crippen LogP contribution in [0.15, 0.2) is 54.7 Å². The molecule has 0 aliphatic heterocycles. The Morgan fingerprint density at radius 1 is 1.21 bits per heavy atom. The number of carbonyl (C=O) groups is 1. The number of hydrogen-bond acceptors (Lipinski definition) is 5. The number of nitrogens with one attached hydrogen (secondary N) is 2. The van der Waals surface area contributed by atoms with Crippen molar-refractivity contribution >= 4 is 28.9 Å². The summed E-state index contributed by atoms with van der Waals surface area (Å²) in [5.41, 5.74) is 2.30. The van der Waals surface area contributed by atoms with Crippen molar-refractivity contribution in [2.45, 2.75) is 6.92 Å². The molecule has 0 radical (unpaired) electrons. The molecule has 1 aromatic heterocycles. The molecule has 0 saturated heterocycles. The number of nitrogens with zero attached hydrogens (tertiary/aromatic N) is 3. The number of benzene rings is 2. The van der Waals surface area contributed by atoms with E-state index in [1.54, 1.807) is 41.9 Å². The monoisotopic (exact) mass is 399 g/mol. The van der Waals surface area contributed by atoms with Crippen molar-refractivity contribution in [3.63, 3.8) is 0 Å². The Morgan fingerprint density at radius 2 is 2.00 bits per heavy atom. The highest BCUT2D eigenvalue weighted by molar-refractivity contribution is 6.30. The highest BCUT2D eigenvalue weighted by atomic mass is 35.5. The molecule has 3 aromatic rings. The Morgan fingerprint density at radius 3 is 2.75 bits per heavy atom. The Kier molecular flexibility index (Phi) is 5.90. The van der Waals surface area contributed by atoms with Gasteiger partial charge in [0, 0.05) is 24.2 Å². The summed E-state index contributed by atoms with van der Waals surface area (Å²) in [6, 6.07) is 13.6. The summed E-state index contributed by atoms with van der Waals surface area (Å²) >= 11 is 6.01. The number of carbonyl (C=O) groups excluding carboxylic acids is 1. The molecular formula is C19H18ClN5O3. The van der Waals surface area contributed by atoms with Crippen molar-refractivity contribution < 1.29 is 9.72 Å². The molecule has 0 atom stereocenters. The zero-order chi connectivity index (χ0) is 20.1. The van der Waals surface area contributed by atoms with E-state index in [0.717, 1.165) is 5.69 Å². The summed E-state index contributed by atoms with van der Waals surface area (Å²) in [6.45, 7) is 2.44. The van der Waals surface area contributed by atoms with Gasteiger partial charge in [0.2, 0.25) is 0 Å². The Hall–Kier alpha value is -3.39. The largest absolute Gasteiger partial charge is 0.378 e. The van der Waals surface area contributed by atoms with Crippen molar-refractivity contribution in [1.82, 2.24) is 15.1 Å². The summed E-state index contributed by atoms with van der Waals surface area (Å²) in [5.74, 6) is -0.268. The molecule has 0 fully saturated rings. The molecule has 9 heteroatoms. The van der Waals surface area contributed by atoms with Crippen molar-refractivity contribution in [3.05, 3.63) is 81.1 Å². The number of amides is 1. The van der Waals surface area contributed by atoms with Gasteiger partial charge in [0.15, 0.2) is 0 Å². The molecule has 3 rings (SSSR count). The van der Waals surface area contributed by atoms with Crippen molar-refractivity contribution in [2.75, 3.05) is 18.4 Å². The molecule has 1 heterocycles. The van der Waals surface area contributed by atoms with Crippen LogP contribution in [-0.2, 0) is 0 Å². The number of anilines is 1. The van der Waals surface area contributed by atoms with E-state index in [-0.39, 0.29) is 11.6 Å². The van der Waals surface area contributed by atoms with E-state index in [1.165, 1.54) is 12.3 Å². The lowest BCUT2D eigenvalue weighted by atomic mass is 10.2. The van der Waals surface area contributed by atoms with Gasteiger partial charge in [-0.25, -0.2) is 4.68 Å². The van der Waals surface area contributed by atoms with E-state index < -0.39 is 4.92 Å². The van der Waals surface area contributed by atoms with Crippen LogP contribution < -0.4 is 10.6 Å². The predicted octanol–water partition coefficient (Wildman–Crippen LogP) is 3.58. The first-order valence-corrected chi connectivity index (χ1v) is 8.91. The molecule has 0 unspecified atom stereocenters. The first-order chi connectivity index (χ1) is 13.5. The minimum Gasteiger partial charge on any atom is -0.378 e. The molecule has 0 aliphatic rings. The van der Waals surface area contributed by atoms with E-state index in [9.17, 15) is 14.9 Å². The minimum absolute atomic E-state index is 0.00697. The molecule has 28 heavy (non-hydrogen) atoms. The number of hydrogen-bond donors (Lipinski definition) is 2. The zero-order valence-corrected chi connectivity index (χ0v) is 15.8. The lowest BCUT2D eigenvalue weighted by Gasteiger charge is -2.09. The summed E-state index contributed by atoms with van der Waals surface area (Å²) < 4.78 is 1.65. The maximum absolute atomic E-state index is 12.4. The second kappa shape index (κ2) is 8.53. The molecule has 1 amide bonds. The summed E-state index contributed by atoms with van der Waals surface area (Å²) in [7, 11) is 0. The molecule has 8 nitrogen and oxygen atoms in total. The molecular weight excluding hydrogens is 382 g/mol. The number of nitro benzene ring substituents is 1. The van der Waals surface area contributed by atoms with E-state index in [0.29, 0.717) is 35.1 Å². The van der Waals surface area contributed by atoms with Crippen molar-refractivity contribution in [1.29, 1.82) is 0 Å². The highest BCUT2D eigenvalue weighted by Gasteiger charge is 2.15. The molecule has 2 aromatic carbocycles. The molecule has 144 valence electrons. The third-order valence-corrected chi connectivity index (χ3v) is 4.37. The van der Waals surface area contributed by atoms with Gasteiger partial charge in [-0.15, -0.1) is 0 Å². The lowest BCUT2D eigenvalue weighted by Crippen LogP contribution is -2.29. The summed E-state index contributed by atoms with van der Waals surface area (Å²) in [6.07, 6.45) is 1.50. The van der Waals surface area contributed by atoms with Crippen LogP contribution in [0.1, 0.15) is 16.1 Å². The Bertz CT molecular complexity index is 1020. The third-order valence-electron chi connectivity index (χ3n) is 4.13. The summed E-state index contributed by atoms with van der Waals surface area (Å²) in [4.78, 5) is 23.0. The fourth-order valence-corrected chi connectivity index (χ4v) is 2.94. The average Bonchev–Trinajstić information content (AvgIpc) is 3.07. The number of para-hydroxylation sites is 2. The van der Waals surface area contributed by atoms with Crippen LogP contribution in [0.4, 0.5) is 11.4 Å². The van der Waals surface area contributed by atoms with Gasteiger partial charge < -0.3 is 10.6 Å². The van der Waals surface area contributed by atoms with Gasteiger partial charge >= 0.3 is 0 Å². The smallest absolute Gasteiger partial charge is 0.292 e. The number of halogens is 1. The molecule has 0 bridgehead atoms. The van der Waals surface area contributed by atoms with Crippen molar-refractivity contribution in [3.8, 4) is 5.69 Å². The first-order valence-electron chi connectivity index (χ1n) is 8.53. The molecule has 0 saturated carbocycles. The third kappa shape index (κ3) is 4.29. The van der Waals surface area contributed by atoms with Crippen LogP contribution >= 0.6 is 11.6 Å². The van der Waals surface area contributed by atoms with Crippen LogP contribution in [0.3, 0.4) is 0 Å². The standard InChI is InChI=1S/C19H18ClN5O3/c1-13-16(12-23-24(13)15-6-4-5-14(20)11-15)19(26)22-10-9-21-17-7-2-3-8-18(17)25(27)28/h2-8,11-12,21H,9-10H2,1H3,(H,22,26). The molecule has 0 spiro atoms. The highest BCUT2D eigenvalue weighted by Crippen LogP contribution is 2.22. The van der Waals surface area contributed by atoms with E-state index >= 15 is 0 Å². The van der Waals surface area contributed by atoms with Gasteiger partial charge in [-0.1, -0.05) is 29.8 Å². The maximum atomic E-state index is 12.4. The van der Waals surface area contributed by atoms with E-state index in [4.69, 9.17) is 11.6 Å². The van der Waals surface area contributed by atoms with Gasteiger partial charge in [-0.05, 0) is 31.2 Å². The van der Waals surface area contributed by atoms with Crippen LogP contribution in [0.5, 0.6) is 0 Å². The van der Waals surface area contributed by atoms with Crippen LogP contribution in [0, 0.1) is 17.0 Å². The quantitative estimate of drug-likeness (QED) is 0.359. The SMILES string of the molecule is Cc1c(C(=O)NCCNc2ccccc2[N+](=O)[O-])cnn1-c1cccc(Cl)c1. The second-order valence-corrected chi connectivity index (χ2v) is 6.43. The number of nitro groups is 1. The fraction of sp³-hybridized carbons (Fsp3) is 0.158. The topological polar surface area (TPSA) is 102 Å². The second-order valence-electron chi connectivity index (χ2n) is 5.99. The van der Waals surface area contributed by atoms with E-state index in [1.807, 2.05) is 12.1 Å². The van der Waals surface area contributed by atoms with Gasteiger partial charge in [0.05, 0.1) is 28.1 Å². The zero-order valence-electron chi connectivity index (χ0n) is 15.1. The number of aromatic nitrogens is 2. The van der Waals surface area contributed by atoms with E-state index in [2.05, 4.69) is 15.7 Å². The van der Waals surface area contributed by atoms with Gasteiger partial charge in [-0.2, -0.15) is 5.10 Å². The van der Waals surface area contributed by atoms with Gasteiger partial charge in [0.25, 0.3) is 11.6 Å². The Labute approximate surface area is 166 Å². The minimum atomic E-state index is -0.450. The maximum Gasteiger partial charge on any atom is 0.292 e. The van der Waals surface area contributed by atoms with Crippen LogP contribution in [0.2, 0.25) is 5.02 Å². The summed E-state index contributed by atoms with van der Waals surface area (Å²) in [5, 5.41) is 21.6. The molecule has 0 aliphatic carbocycles. The fourth-order valence-electron chi connectivity index (χ4n) is 2.75. The lowest BCUT2D eigenvalue weighted by molar-refractivity contribution is -0.384. The van der Waals surface area contributed by atoms with Gasteiger partial charge in [-0.3, -0.25) is 14.9 Å². The average molecular weight is 400 g/mol. The Balaban J connectivity index is 1.60. The predicted molar refractivity (Wildman–Crippen MR) is 107 cm³/mol. The van der Waals surface area contributed by atoms with Gasteiger partial charge in [0.1, 0.15) is 5.69 Å². The normalized spacial score (nSPS) is 10.5. The first kappa shape index (κ1) is 19.4. The number of rotatable bonds is 7. The van der Waals surface area contributed by atoms with Crippen LogP contribution in [0.25, 0.3) is 5.69 Å². The van der Waals surface area contributed by atoms with Crippen LogP contribution in [-0.4, -0.2) is 33.7 Å².